The van der Waals surface area contributed by atoms with Gasteiger partial charge in [-0.2, -0.15) is 0 Å². The van der Waals surface area contributed by atoms with Crippen LogP contribution in [0.25, 0.3) is 0 Å². The Kier molecular flexibility index (Phi) is 4.11. The van der Waals surface area contributed by atoms with Crippen LogP contribution in [0.2, 0.25) is 0 Å². The molecule has 0 bridgehead atoms. The number of rotatable bonds is 4. The summed E-state index contributed by atoms with van der Waals surface area (Å²) in [5.74, 6) is -1.75. The Bertz CT molecular complexity index is 552. The Morgan fingerprint density at radius 3 is 2.95 bits per heavy atom. The molecule has 0 aliphatic rings. The van der Waals surface area contributed by atoms with Gasteiger partial charge in [-0.05, 0) is 18.6 Å². The number of nitrogens with one attached hydrogen (secondary N) is 1. The molecule has 1 amide bonds. The first-order valence-electron chi connectivity index (χ1n) is 5.81. The molecule has 1 aromatic heterocycles. The van der Waals surface area contributed by atoms with Gasteiger partial charge in [0.2, 0.25) is 0 Å². The van der Waals surface area contributed by atoms with Gasteiger partial charge in [0.1, 0.15) is 22.1 Å². The Labute approximate surface area is 113 Å². The van der Waals surface area contributed by atoms with Gasteiger partial charge >= 0.3 is 0 Å². The monoisotopic (exact) mass is 280 g/mol. The molecule has 0 spiro atoms. The van der Waals surface area contributed by atoms with E-state index in [-0.39, 0.29) is 17.4 Å². The fourth-order valence-electron chi connectivity index (χ4n) is 1.71. The summed E-state index contributed by atoms with van der Waals surface area (Å²) in [6.45, 7) is 1.90. The van der Waals surface area contributed by atoms with E-state index in [9.17, 15) is 14.3 Å². The second-order valence-electron chi connectivity index (χ2n) is 3.94. The smallest absolute Gasteiger partial charge is 0.258 e. The molecule has 0 aliphatic heterocycles. The quantitative estimate of drug-likeness (QED) is 0.905. The highest BCUT2D eigenvalue weighted by atomic mass is 32.1. The number of hydrogen-bond donors (Lipinski definition) is 2. The number of phenolic OH excluding ortho intramolecular Hbond substituents is 1. The van der Waals surface area contributed by atoms with Crippen molar-refractivity contribution in [2.75, 3.05) is 0 Å². The van der Waals surface area contributed by atoms with Crippen LogP contribution in [0.1, 0.15) is 34.8 Å². The number of aromatic nitrogens is 1. The van der Waals surface area contributed by atoms with E-state index in [1.807, 2.05) is 12.3 Å². The van der Waals surface area contributed by atoms with Crippen molar-refractivity contribution >= 4 is 17.2 Å². The molecule has 2 rings (SSSR count). The number of nitrogens with zero attached hydrogens (tertiary/aromatic N) is 1. The van der Waals surface area contributed by atoms with Crippen LogP contribution in [0.4, 0.5) is 4.39 Å². The van der Waals surface area contributed by atoms with Gasteiger partial charge in [-0.25, -0.2) is 9.37 Å². The molecule has 2 N–H and O–H groups in total. The molecule has 0 saturated carbocycles. The second-order valence-corrected chi connectivity index (χ2v) is 4.86. The highest BCUT2D eigenvalue weighted by Gasteiger charge is 2.21. The van der Waals surface area contributed by atoms with Crippen molar-refractivity contribution in [1.29, 1.82) is 0 Å². The van der Waals surface area contributed by atoms with E-state index in [4.69, 9.17) is 0 Å². The minimum absolute atomic E-state index is 0.286. The standard InChI is InChI=1S/C13H13FN2O2S/c1-2-9(13-15-6-7-19-13)16-12(18)11-8(14)4-3-5-10(11)17/h3-7,9,17H,2H2,1H3,(H,16,18). The third-order valence-corrected chi connectivity index (χ3v) is 3.57. The highest BCUT2D eigenvalue weighted by molar-refractivity contribution is 7.09. The van der Waals surface area contributed by atoms with Crippen LogP contribution >= 0.6 is 11.3 Å². The molecular formula is C13H13FN2O2S. The number of halogens is 1. The summed E-state index contributed by atoms with van der Waals surface area (Å²) in [6, 6.07) is 3.48. The first-order valence-corrected chi connectivity index (χ1v) is 6.69. The number of thiazole rings is 1. The van der Waals surface area contributed by atoms with E-state index in [1.165, 1.54) is 23.5 Å². The molecule has 4 nitrogen and oxygen atoms in total. The predicted octanol–water partition coefficient (Wildman–Crippen LogP) is 2.87. The van der Waals surface area contributed by atoms with E-state index >= 15 is 0 Å². The van der Waals surface area contributed by atoms with Crippen molar-refractivity contribution in [3.05, 3.63) is 46.2 Å². The number of phenols is 1. The molecular weight excluding hydrogens is 267 g/mol. The maximum Gasteiger partial charge on any atom is 0.258 e. The van der Waals surface area contributed by atoms with Crippen LogP contribution in [0.15, 0.2) is 29.8 Å². The maximum atomic E-state index is 13.6. The zero-order valence-electron chi connectivity index (χ0n) is 10.3. The Morgan fingerprint density at radius 1 is 1.58 bits per heavy atom. The van der Waals surface area contributed by atoms with E-state index in [0.717, 1.165) is 11.1 Å². The third-order valence-electron chi connectivity index (χ3n) is 2.68. The first-order chi connectivity index (χ1) is 9.13. The summed E-state index contributed by atoms with van der Waals surface area (Å²) < 4.78 is 13.6. The molecule has 1 unspecified atom stereocenters. The van der Waals surface area contributed by atoms with Gasteiger partial charge in [-0.1, -0.05) is 13.0 Å². The second kappa shape index (κ2) is 5.79. The molecule has 0 radical (unpaired) electrons. The summed E-state index contributed by atoms with van der Waals surface area (Å²) in [5.41, 5.74) is -0.336. The number of hydrogen-bond acceptors (Lipinski definition) is 4. The lowest BCUT2D eigenvalue weighted by atomic mass is 10.1. The SMILES string of the molecule is CCC(NC(=O)c1c(O)cccc1F)c1nccs1. The van der Waals surface area contributed by atoms with Crippen molar-refractivity contribution in [3.63, 3.8) is 0 Å². The van der Waals surface area contributed by atoms with E-state index in [2.05, 4.69) is 10.3 Å². The Balaban J connectivity index is 2.21. The third kappa shape index (κ3) is 2.90. The van der Waals surface area contributed by atoms with Crippen molar-refractivity contribution in [3.8, 4) is 5.75 Å². The lowest BCUT2D eigenvalue weighted by Crippen LogP contribution is -2.28. The lowest BCUT2D eigenvalue weighted by molar-refractivity contribution is 0.0928. The molecule has 6 heteroatoms. The lowest BCUT2D eigenvalue weighted by Gasteiger charge is -2.15. The fourth-order valence-corrected chi connectivity index (χ4v) is 2.49. The minimum atomic E-state index is -0.744. The molecule has 1 atom stereocenters. The molecule has 1 heterocycles. The maximum absolute atomic E-state index is 13.6. The van der Waals surface area contributed by atoms with Crippen LogP contribution in [-0.4, -0.2) is 16.0 Å². The fraction of sp³-hybridized carbons (Fsp3) is 0.231. The highest BCUT2D eigenvalue weighted by Crippen LogP contribution is 2.23. The number of benzene rings is 1. The van der Waals surface area contributed by atoms with Gasteiger partial charge in [0.25, 0.3) is 5.91 Å². The summed E-state index contributed by atoms with van der Waals surface area (Å²) in [6.07, 6.45) is 2.28. The van der Waals surface area contributed by atoms with Crippen LogP contribution < -0.4 is 5.32 Å². The minimum Gasteiger partial charge on any atom is -0.507 e. The van der Waals surface area contributed by atoms with Crippen molar-refractivity contribution in [2.45, 2.75) is 19.4 Å². The van der Waals surface area contributed by atoms with Crippen LogP contribution in [0.5, 0.6) is 5.75 Å². The zero-order valence-corrected chi connectivity index (χ0v) is 11.1. The van der Waals surface area contributed by atoms with Gasteiger partial charge in [0.05, 0.1) is 6.04 Å². The van der Waals surface area contributed by atoms with Crippen LogP contribution in [0, 0.1) is 5.82 Å². The van der Waals surface area contributed by atoms with Crippen LogP contribution in [0.3, 0.4) is 0 Å². The summed E-state index contributed by atoms with van der Waals surface area (Å²) in [5, 5.41) is 14.8. The van der Waals surface area contributed by atoms with E-state index in [1.54, 1.807) is 6.20 Å². The summed E-state index contributed by atoms with van der Waals surface area (Å²) in [7, 11) is 0. The van der Waals surface area contributed by atoms with Gasteiger partial charge in [0, 0.05) is 11.6 Å². The van der Waals surface area contributed by atoms with E-state index < -0.39 is 11.7 Å². The largest absolute Gasteiger partial charge is 0.507 e. The normalized spacial score (nSPS) is 12.1. The Hall–Kier alpha value is -1.95. The predicted molar refractivity (Wildman–Crippen MR) is 70.7 cm³/mol. The summed E-state index contributed by atoms with van der Waals surface area (Å²) in [4.78, 5) is 16.1. The van der Waals surface area contributed by atoms with Crippen molar-refractivity contribution in [2.24, 2.45) is 0 Å². The van der Waals surface area contributed by atoms with Gasteiger partial charge in [0.15, 0.2) is 0 Å². The Morgan fingerprint density at radius 2 is 2.37 bits per heavy atom. The number of amides is 1. The summed E-state index contributed by atoms with van der Waals surface area (Å²) >= 11 is 1.42. The van der Waals surface area contributed by atoms with Gasteiger partial charge in [-0.15, -0.1) is 11.3 Å². The van der Waals surface area contributed by atoms with Crippen molar-refractivity contribution < 1.29 is 14.3 Å². The van der Waals surface area contributed by atoms with E-state index in [0.29, 0.717) is 6.42 Å². The van der Waals surface area contributed by atoms with Gasteiger partial charge < -0.3 is 10.4 Å². The van der Waals surface area contributed by atoms with Crippen molar-refractivity contribution in [1.82, 2.24) is 10.3 Å². The molecule has 0 saturated heterocycles. The molecule has 2 aromatic rings. The molecule has 0 aliphatic carbocycles. The van der Waals surface area contributed by atoms with Crippen LogP contribution in [-0.2, 0) is 0 Å². The zero-order chi connectivity index (χ0) is 13.8. The average Bonchev–Trinajstić information content (AvgIpc) is 2.89. The molecule has 100 valence electrons. The number of carbonyl (C=O) groups excluding carboxylic acids is 1. The molecule has 0 fully saturated rings. The topological polar surface area (TPSA) is 62.2 Å². The first kappa shape index (κ1) is 13.5. The van der Waals surface area contributed by atoms with Gasteiger partial charge in [-0.3, -0.25) is 4.79 Å². The number of aromatic hydroxyl groups is 1. The average molecular weight is 280 g/mol. The molecule has 19 heavy (non-hydrogen) atoms. The number of carbonyl (C=O) groups is 1. The molecule has 1 aromatic carbocycles.